The van der Waals surface area contributed by atoms with Crippen molar-refractivity contribution in [1.82, 2.24) is 0 Å². The van der Waals surface area contributed by atoms with Gasteiger partial charge in [0.2, 0.25) is 5.76 Å². The Labute approximate surface area is 171 Å². The van der Waals surface area contributed by atoms with E-state index in [1.54, 1.807) is 40.9 Å². The first-order valence-electron chi connectivity index (χ1n) is 9.29. The van der Waals surface area contributed by atoms with E-state index >= 15 is 0 Å². The maximum Gasteiger partial charge on any atom is 0.374 e. The summed E-state index contributed by atoms with van der Waals surface area (Å²) in [5, 5.41) is 0.760. The summed E-state index contributed by atoms with van der Waals surface area (Å²) in [6.45, 7) is 2.24. The lowest BCUT2D eigenvalue weighted by Gasteiger charge is -2.22. The second-order valence-electron chi connectivity index (χ2n) is 6.78. The number of fused-ring (bicyclic) bond motifs is 2. The number of thioether (sulfide) groups is 1. The Morgan fingerprint density at radius 2 is 1.93 bits per heavy atom. The standard InChI is InChI=1S/C22H19NO5S/c1-14-10-11-23(16-7-3-5-9-20(16)29-14)21(25)13-27-22(26)19-12-17(24)15-6-2-4-8-18(15)28-19/h2-9,12,14H,10-11,13H2,1H3/t14-/m0/s1. The van der Waals surface area contributed by atoms with Gasteiger partial charge in [0, 0.05) is 22.8 Å². The van der Waals surface area contributed by atoms with Gasteiger partial charge in [-0.1, -0.05) is 31.2 Å². The molecule has 1 atom stereocenters. The van der Waals surface area contributed by atoms with Crippen LogP contribution in [0, 0.1) is 0 Å². The fraction of sp³-hybridized carbons (Fsp3) is 0.227. The summed E-state index contributed by atoms with van der Waals surface area (Å²) in [4.78, 5) is 40.0. The lowest BCUT2D eigenvalue weighted by Crippen LogP contribution is -2.35. The quantitative estimate of drug-likeness (QED) is 0.611. The minimum atomic E-state index is -0.841. The van der Waals surface area contributed by atoms with Crippen LogP contribution in [0.15, 0.2) is 68.7 Å². The van der Waals surface area contributed by atoms with E-state index < -0.39 is 12.6 Å². The summed E-state index contributed by atoms with van der Waals surface area (Å²) in [5.74, 6) is -1.38. The lowest BCUT2D eigenvalue weighted by atomic mass is 10.2. The van der Waals surface area contributed by atoms with Crippen LogP contribution < -0.4 is 10.3 Å². The normalized spacial score (nSPS) is 16.2. The number of carbonyl (C=O) groups excluding carboxylic acids is 2. The second-order valence-corrected chi connectivity index (χ2v) is 8.26. The van der Waals surface area contributed by atoms with Gasteiger partial charge in [0.05, 0.1) is 11.1 Å². The molecular weight excluding hydrogens is 390 g/mol. The van der Waals surface area contributed by atoms with Crippen LogP contribution >= 0.6 is 11.8 Å². The molecule has 0 spiro atoms. The zero-order valence-corrected chi connectivity index (χ0v) is 16.6. The average Bonchev–Trinajstić information content (AvgIpc) is 2.90. The third-order valence-corrected chi connectivity index (χ3v) is 5.94. The molecule has 4 rings (SSSR count). The maximum atomic E-state index is 12.8. The molecule has 1 amide bonds. The molecule has 6 nitrogen and oxygen atoms in total. The molecule has 0 aliphatic carbocycles. The Hall–Kier alpha value is -3.06. The number of anilines is 1. The van der Waals surface area contributed by atoms with Crippen molar-refractivity contribution >= 4 is 40.3 Å². The van der Waals surface area contributed by atoms with Crippen LogP contribution in [0.5, 0.6) is 0 Å². The predicted molar refractivity (Wildman–Crippen MR) is 111 cm³/mol. The Morgan fingerprint density at radius 1 is 1.17 bits per heavy atom. The van der Waals surface area contributed by atoms with Gasteiger partial charge < -0.3 is 14.1 Å². The highest BCUT2D eigenvalue weighted by molar-refractivity contribution is 8.00. The van der Waals surface area contributed by atoms with E-state index in [2.05, 4.69) is 6.92 Å². The molecule has 1 aromatic heterocycles. The van der Waals surface area contributed by atoms with Crippen molar-refractivity contribution < 1.29 is 18.7 Å². The Balaban J connectivity index is 1.50. The average molecular weight is 409 g/mol. The number of rotatable bonds is 3. The smallest absolute Gasteiger partial charge is 0.374 e. The fourth-order valence-corrected chi connectivity index (χ4v) is 4.34. The molecule has 3 aromatic rings. The highest BCUT2D eigenvalue weighted by Gasteiger charge is 2.25. The summed E-state index contributed by atoms with van der Waals surface area (Å²) in [7, 11) is 0. The summed E-state index contributed by atoms with van der Waals surface area (Å²) in [5.41, 5.74) is 0.781. The maximum absolute atomic E-state index is 12.8. The van der Waals surface area contributed by atoms with Gasteiger partial charge in [-0.05, 0) is 30.7 Å². The molecule has 1 aliphatic heterocycles. The van der Waals surface area contributed by atoms with Crippen molar-refractivity contribution in [1.29, 1.82) is 0 Å². The van der Waals surface area contributed by atoms with Crippen molar-refractivity contribution in [3.05, 3.63) is 70.6 Å². The molecule has 0 bridgehead atoms. The molecule has 2 heterocycles. The molecule has 148 valence electrons. The number of para-hydroxylation sites is 2. The number of amides is 1. The number of esters is 1. The lowest BCUT2D eigenvalue weighted by molar-refractivity contribution is -0.121. The van der Waals surface area contributed by atoms with Crippen molar-refractivity contribution in [2.75, 3.05) is 18.1 Å². The van der Waals surface area contributed by atoms with Crippen LogP contribution in [-0.4, -0.2) is 30.3 Å². The zero-order valence-electron chi connectivity index (χ0n) is 15.8. The van der Waals surface area contributed by atoms with Gasteiger partial charge in [0.1, 0.15) is 5.58 Å². The molecule has 2 aromatic carbocycles. The van der Waals surface area contributed by atoms with Crippen LogP contribution in [0.3, 0.4) is 0 Å². The van der Waals surface area contributed by atoms with E-state index in [4.69, 9.17) is 9.15 Å². The number of hydrogen-bond donors (Lipinski definition) is 0. The van der Waals surface area contributed by atoms with Crippen molar-refractivity contribution in [2.45, 2.75) is 23.5 Å². The molecule has 7 heteroatoms. The van der Waals surface area contributed by atoms with E-state index in [-0.39, 0.29) is 17.1 Å². The van der Waals surface area contributed by atoms with Crippen LogP contribution in [-0.2, 0) is 9.53 Å². The van der Waals surface area contributed by atoms with E-state index in [9.17, 15) is 14.4 Å². The minimum Gasteiger partial charge on any atom is -0.450 e. The SMILES string of the molecule is C[C@H]1CCN(C(=O)COC(=O)c2cc(=O)c3ccccc3o2)c2ccccc2S1. The van der Waals surface area contributed by atoms with E-state index in [1.165, 1.54) is 0 Å². The summed E-state index contributed by atoms with van der Waals surface area (Å²) >= 11 is 1.73. The molecule has 0 radical (unpaired) electrons. The summed E-state index contributed by atoms with van der Waals surface area (Å²) in [6.07, 6.45) is 0.832. The van der Waals surface area contributed by atoms with Gasteiger partial charge in [-0.2, -0.15) is 0 Å². The van der Waals surface area contributed by atoms with Gasteiger partial charge in [-0.15, -0.1) is 11.8 Å². The molecular formula is C22H19NO5S. The van der Waals surface area contributed by atoms with Gasteiger partial charge in [-0.3, -0.25) is 9.59 Å². The van der Waals surface area contributed by atoms with E-state index in [1.807, 2.05) is 24.3 Å². The Morgan fingerprint density at radius 3 is 2.79 bits per heavy atom. The Kier molecular flexibility index (Phi) is 5.40. The van der Waals surface area contributed by atoms with E-state index in [0.717, 1.165) is 23.1 Å². The topological polar surface area (TPSA) is 76.8 Å². The highest BCUT2D eigenvalue weighted by Crippen LogP contribution is 2.37. The Bertz CT molecular complexity index is 1140. The molecule has 0 N–H and O–H groups in total. The highest BCUT2D eigenvalue weighted by atomic mass is 32.2. The number of ether oxygens (including phenoxy) is 1. The van der Waals surface area contributed by atoms with Gasteiger partial charge >= 0.3 is 5.97 Å². The number of hydrogen-bond acceptors (Lipinski definition) is 6. The third kappa shape index (κ3) is 4.05. The number of carbonyl (C=O) groups is 2. The summed E-state index contributed by atoms with van der Waals surface area (Å²) in [6, 6.07) is 15.4. The van der Waals surface area contributed by atoms with E-state index in [0.29, 0.717) is 22.8 Å². The first kappa shape index (κ1) is 19.3. The second kappa shape index (κ2) is 8.13. The fourth-order valence-electron chi connectivity index (χ4n) is 3.23. The van der Waals surface area contributed by atoms with Gasteiger partial charge in [0.25, 0.3) is 5.91 Å². The van der Waals surface area contributed by atoms with Gasteiger partial charge in [-0.25, -0.2) is 4.79 Å². The van der Waals surface area contributed by atoms with Crippen molar-refractivity contribution in [3.8, 4) is 0 Å². The summed E-state index contributed by atoms with van der Waals surface area (Å²) < 4.78 is 10.6. The number of nitrogens with zero attached hydrogens (tertiary/aromatic N) is 1. The predicted octanol–water partition coefficient (Wildman–Crippen LogP) is 3.87. The third-order valence-electron chi connectivity index (χ3n) is 4.71. The molecule has 0 unspecified atom stereocenters. The molecule has 0 saturated heterocycles. The minimum absolute atomic E-state index is 0.220. The van der Waals surface area contributed by atoms with Crippen LogP contribution in [0.4, 0.5) is 5.69 Å². The van der Waals surface area contributed by atoms with Crippen LogP contribution in [0.1, 0.15) is 23.9 Å². The first-order valence-corrected chi connectivity index (χ1v) is 10.2. The first-order chi connectivity index (χ1) is 14.0. The zero-order chi connectivity index (χ0) is 20.4. The molecule has 1 aliphatic rings. The molecule has 29 heavy (non-hydrogen) atoms. The van der Waals surface area contributed by atoms with Crippen LogP contribution in [0.2, 0.25) is 0 Å². The van der Waals surface area contributed by atoms with Crippen molar-refractivity contribution in [2.24, 2.45) is 0 Å². The monoisotopic (exact) mass is 409 g/mol. The largest absolute Gasteiger partial charge is 0.450 e. The van der Waals surface area contributed by atoms with Crippen molar-refractivity contribution in [3.63, 3.8) is 0 Å². The molecule has 0 fully saturated rings. The number of benzene rings is 2. The van der Waals surface area contributed by atoms with Crippen LogP contribution in [0.25, 0.3) is 11.0 Å². The van der Waals surface area contributed by atoms with Gasteiger partial charge in [0.15, 0.2) is 12.0 Å². The molecule has 0 saturated carbocycles.